The summed E-state index contributed by atoms with van der Waals surface area (Å²) in [5, 5.41) is 12.9. The molecule has 3 rings (SSSR count). The molecular weight excluding hydrogens is 352 g/mol. The van der Waals surface area contributed by atoms with Crippen molar-refractivity contribution in [2.75, 3.05) is 18.4 Å². The van der Waals surface area contributed by atoms with Crippen molar-refractivity contribution < 1.29 is 9.90 Å². The van der Waals surface area contributed by atoms with E-state index in [9.17, 15) is 4.79 Å². The van der Waals surface area contributed by atoms with Gasteiger partial charge < -0.3 is 10.4 Å². The number of anilines is 1. The summed E-state index contributed by atoms with van der Waals surface area (Å²) < 4.78 is 0. The molecular formula is C19H21ClN4O2. The van der Waals surface area contributed by atoms with Crippen LogP contribution in [-0.2, 0) is 11.3 Å². The van der Waals surface area contributed by atoms with Gasteiger partial charge in [0.1, 0.15) is 5.82 Å². The molecule has 1 aromatic carbocycles. The Balaban J connectivity index is 1.56. The van der Waals surface area contributed by atoms with E-state index >= 15 is 0 Å². The van der Waals surface area contributed by atoms with Crippen molar-refractivity contribution in [3.8, 4) is 0 Å². The van der Waals surface area contributed by atoms with Crippen LogP contribution in [-0.4, -0.2) is 45.1 Å². The lowest BCUT2D eigenvalue weighted by Gasteiger charge is -2.33. The molecule has 0 spiro atoms. The molecule has 0 bridgehead atoms. The van der Waals surface area contributed by atoms with E-state index in [1.54, 1.807) is 12.4 Å². The van der Waals surface area contributed by atoms with Crippen LogP contribution >= 0.6 is 11.6 Å². The average Bonchev–Trinajstić information content (AvgIpc) is 2.63. The number of nitrogens with one attached hydrogen (secondary N) is 1. The van der Waals surface area contributed by atoms with E-state index in [4.69, 9.17) is 16.7 Å². The maximum absolute atomic E-state index is 10.5. The molecule has 0 saturated carbocycles. The number of carbonyl (C=O) groups is 1. The molecule has 1 aliphatic rings. The molecule has 2 aromatic rings. The standard InChI is InChI=1S/C19H21ClN4O2/c20-17-6-2-1-4-14(17)12-24-9-3-5-16(13-24)23-18-11-21-15(10-22-18)7-8-19(25)26/h1-2,4,6-8,10-11,16H,3,5,9,12-13H2,(H,22,23)(H,25,26)/b8-7+/t16-/m1/s1. The van der Waals surface area contributed by atoms with Crippen LogP contribution < -0.4 is 5.32 Å². The van der Waals surface area contributed by atoms with Gasteiger partial charge in [0.15, 0.2) is 0 Å². The molecule has 136 valence electrons. The first kappa shape index (κ1) is 18.4. The van der Waals surface area contributed by atoms with Crippen molar-refractivity contribution in [1.29, 1.82) is 0 Å². The van der Waals surface area contributed by atoms with Crippen LogP contribution in [0.15, 0.2) is 42.7 Å². The van der Waals surface area contributed by atoms with Crippen molar-refractivity contribution >= 4 is 29.5 Å². The predicted molar refractivity (Wildman–Crippen MR) is 102 cm³/mol. The second-order valence-electron chi connectivity index (χ2n) is 6.31. The first-order valence-corrected chi connectivity index (χ1v) is 8.93. The number of benzene rings is 1. The summed E-state index contributed by atoms with van der Waals surface area (Å²) in [6.07, 6.45) is 7.84. The molecule has 6 nitrogen and oxygen atoms in total. The average molecular weight is 373 g/mol. The van der Waals surface area contributed by atoms with Crippen molar-refractivity contribution in [3.63, 3.8) is 0 Å². The molecule has 7 heteroatoms. The quantitative estimate of drug-likeness (QED) is 0.757. The molecule has 1 fully saturated rings. The van der Waals surface area contributed by atoms with Crippen LogP contribution in [0.2, 0.25) is 5.02 Å². The van der Waals surface area contributed by atoms with Gasteiger partial charge in [0.25, 0.3) is 0 Å². The van der Waals surface area contributed by atoms with Crippen molar-refractivity contribution in [2.45, 2.75) is 25.4 Å². The number of piperidine rings is 1. The minimum atomic E-state index is -1.00. The summed E-state index contributed by atoms with van der Waals surface area (Å²) >= 11 is 6.27. The zero-order valence-corrected chi connectivity index (χ0v) is 15.1. The Morgan fingerprint density at radius 1 is 1.35 bits per heavy atom. The summed E-state index contributed by atoms with van der Waals surface area (Å²) in [4.78, 5) is 21.4. The van der Waals surface area contributed by atoms with Gasteiger partial charge in [-0.1, -0.05) is 29.8 Å². The van der Waals surface area contributed by atoms with E-state index in [0.29, 0.717) is 17.6 Å². The maximum atomic E-state index is 10.5. The van der Waals surface area contributed by atoms with E-state index < -0.39 is 5.97 Å². The Hall–Kier alpha value is -2.44. The molecule has 0 aliphatic carbocycles. The van der Waals surface area contributed by atoms with E-state index in [1.807, 2.05) is 18.2 Å². The molecule has 1 aromatic heterocycles. The van der Waals surface area contributed by atoms with E-state index in [0.717, 1.165) is 49.1 Å². The van der Waals surface area contributed by atoms with Crippen LogP contribution in [0.25, 0.3) is 6.08 Å². The highest BCUT2D eigenvalue weighted by Crippen LogP contribution is 2.21. The summed E-state index contributed by atoms with van der Waals surface area (Å²) in [5.41, 5.74) is 1.66. The summed E-state index contributed by atoms with van der Waals surface area (Å²) in [6, 6.07) is 8.23. The molecule has 26 heavy (non-hydrogen) atoms. The van der Waals surface area contributed by atoms with Crippen LogP contribution in [0.1, 0.15) is 24.1 Å². The summed E-state index contributed by atoms with van der Waals surface area (Å²) in [6.45, 7) is 2.80. The summed E-state index contributed by atoms with van der Waals surface area (Å²) in [7, 11) is 0. The largest absolute Gasteiger partial charge is 0.478 e. The minimum absolute atomic E-state index is 0.293. The molecule has 2 N–H and O–H groups in total. The number of likely N-dealkylation sites (tertiary alicyclic amines) is 1. The Morgan fingerprint density at radius 2 is 2.19 bits per heavy atom. The van der Waals surface area contributed by atoms with Crippen LogP contribution in [0.5, 0.6) is 0 Å². The van der Waals surface area contributed by atoms with Crippen LogP contribution in [0, 0.1) is 0 Å². The highest BCUT2D eigenvalue weighted by molar-refractivity contribution is 6.31. The van der Waals surface area contributed by atoms with Crippen molar-refractivity contribution in [3.05, 3.63) is 59.0 Å². The predicted octanol–water partition coefficient (Wildman–Crippen LogP) is 3.30. The lowest BCUT2D eigenvalue weighted by atomic mass is 10.0. The zero-order valence-electron chi connectivity index (χ0n) is 14.3. The van der Waals surface area contributed by atoms with E-state index in [2.05, 4.69) is 26.3 Å². The third-order valence-corrected chi connectivity index (χ3v) is 4.65. The number of carboxylic acid groups (broad SMARTS) is 1. The van der Waals surface area contributed by atoms with Crippen molar-refractivity contribution in [2.24, 2.45) is 0 Å². The number of nitrogens with zero attached hydrogens (tertiary/aromatic N) is 3. The number of aromatic nitrogens is 2. The van der Waals surface area contributed by atoms with Crippen molar-refractivity contribution in [1.82, 2.24) is 14.9 Å². The smallest absolute Gasteiger partial charge is 0.328 e. The molecule has 1 saturated heterocycles. The number of carboxylic acids is 1. The normalized spacial score (nSPS) is 18.1. The topological polar surface area (TPSA) is 78.3 Å². The SMILES string of the molecule is O=C(O)/C=C/c1cnc(N[C@@H]2CCCN(Cc3ccccc3Cl)C2)cn1. The fourth-order valence-electron chi connectivity index (χ4n) is 3.05. The van der Waals surface area contributed by atoms with Gasteiger partial charge in [-0.15, -0.1) is 0 Å². The van der Waals surface area contributed by atoms with E-state index in [1.165, 1.54) is 6.08 Å². The van der Waals surface area contributed by atoms with Gasteiger partial charge in [-0.3, -0.25) is 9.88 Å². The third kappa shape index (κ3) is 5.28. The number of halogens is 1. The van der Waals surface area contributed by atoms with Gasteiger partial charge in [0.2, 0.25) is 0 Å². The third-order valence-electron chi connectivity index (χ3n) is 4.28. The second-order valence-corrected chi connectivity index (χ2v) is 6.72. The van der Waals surface area contributed by atoms with Gasteiger partial charge in [0.05, 0.1) is 18.1 Å². The molecule has 0 radical (unpaired) electrons. The molecule has 0 amide bonds. The second kappa shape index (κ2) is 8.78. The lowest BCUT2D eigenvalue weighted by Crippen LogP contribution is -2.41. The first-order chi connectivity index (χ1) is 12.6. The molecule has 2 heterocycles. The zero-order chi connectivity index (χ0) is 18.4. The van der Waals surface area contributed by atoms with Gasteiger partial charge in [-0.05, 0) is 37.1 Å². The number of rotatable bonds is 6. The van der Waals surface area contributed by atoms with Gasteiger partial charge in [-0.2, -0.15) is 0 Å². The Kier molecular flexibility index (Phi) is 6.20. The van der Waals surface area contributed by atoms with Gasteiger partial charge >= 0.3 is 5.97 Å². The Bertz CT molecular complexity index is 779. The molecule has 1 aliphatic heterocycles. The highest BCUT2D eigenvalue weighted by atomic mass is 35.5. The molecule has 0 unspecified atom stereocenters. The maximum Gasteiger partial charge on any atom is 0.328 e. The number of hydrogen-bond acceptors (Lipinski definition) is 5. The number of aliphatic carboxylic acids is 1. The minimum Gasteiger partial charge on any atom is -0.478 e. The van der Waals surface area contributed by atoms with Gasteiger partial charge in [0, 0.05) is 30.2 Å². The fourth-order valence-corrected chi connectivity index (χ4v) is 3.24. The van der Waals surface area contributed by atoms with Crippen LogP contribution in [0.4, 0.5) is 5.82 Å². The first-order valence-electron chi connectivity index (χ1n) is 8.55. The lowest BCUT2D eigenvalue weighted by molar-refractivity contribution is -0.131. The number of hydrogen-bond donors (Lipinski definition) is 2. The summed E-state index contributed by atoms with van der Waals surface area (Å²) in [5.74, 6) is -0.308. The Morgan fingerprint density at radius 3 is 2.92 bits per heavy atom. The van der Waals surface area contributed by atoms with Gasteiger partial charge in [-0.25, -0.2) is 9.78 Å². The monoisotopic (exact) mass is 372 g/mol. The van der Waals surface area contributed by atoms with Crippen LogP contribution in [0.3, 0.4) is 0 Å². The van der Waals surface area contributed by atoms with E-state index in [-0.39, 0.29) is 0 Å². The molecule has 1 atom stereocenters. The Labute approximate surface area is 157 Å². The fraction of sp³-hybridized carbons (Fsp3) is 0.316. The highest BCUT2D eigenvalue weighted by Gasteiger charge is 2.20.